The van der Waals surface area contributed by atoms with E-state index in [-0.39, 0.29) is 17.3 Å². The monoisotopic (exact) mass is 452 g/mol. The zero-order valence-electron chi connectivity index (χ0n) is 17.9. The number of rotatable bonds is 5. The highest BCUT2D eigenvalue weighted by molar-refractivity contribution is 7.21. The number of benzene rings is 1. The first kappa shape index (κ1) is 21.0. The highest BCUT2D eigenvalue weighted by Gasteiger charge is 2.27. The molecule has 1 saturated heterocycles. The maximum absolute atomic E-state index is 13.9. The minimum atomic E-state index is -0.277. The lowest BCUT2D eigenvalue weighted by Crippen LogP contribution is -2.37. The number of nitrogens with zero attached hydrogens (tertiary/aromatic N) is 4. The highest BCUT2D eigenvalue weighted by Crippen LogP contribution is 2.40. The number of fused-ring (bicyclic) bond motifs is 2. The largest absolute Gasteiger partial charge is 0.371 e. The molecule has 0 atom stereocenters. The zero-order valence-corrected chi connectivity index (χ0v) is 18.7. The number of likely N-dealkylation sites (N-methyl/N-ethyl adjacent to an activating group) is 1. The molecule has 32 heavy (non-hydrogen) atoms. The van der Waals surface area contributed by atoms with Gasteiger partial charge in [-0.2, -0.15) is 0 Å². The standard InChI is InChI=1S/C23H25FN6OS/c1-29-8-9-30(18-3-2-15(24)11-19(18)29)22-16-12-20(32-23(16)28-13-27-22)21(31)17(25)10-14-4-6-26-7-5-14/h2-3,11-14,25-26H,4-10H2,1H3. The molecule has 3 aromatic rings. The molecule has 2 aliphatic rings. The fourth-order valence-electron chi connectivity index (χ4n) is 4.53. The Morgan fingerprint density at radius 2 is 2.03 bits per heavy atom. The Hall–Kier alpha value is -2.91. The van der Waals surface area contributed by atoms with Crippen LogP contribution in [-0.2, 0) is 0 Å². The van der Waals surface area contributed by atoms with Gasteiger partial charge >= 0.3 is 0 Å². The van der Waals surface area contributed by atoms with Gasteiger partial charge in [0.1, 0.15) is 22.8 Å². The number of carbonyl (C=O) groups excluding carboxylic acids is 1. The second-order valence-electron chi connectivity index (χ2n) is 8.44. The van der Waals surface area contributed by atoms with Crippen molar-refractivity contribution in [2.24, 2.45) is 5.92 Å². The van der Waals surface area contributed by atoms with Gasteiger partial charge in [0.2, 0.25) is 5.78 Å². The van der Waals surface area contributed by atoms with E-state index in [4.69, 9.17) is 5.41 Å². The predicted molar refractivity (Wildman–Crippen MR) is 126 cm³/mol. The van der Waals surface area contributed by atoms with E-state index in [2.05, 4.69) is 20.2 Å². The van der Waals surface area contributed by atoms with Gasteiger partial charge in [-0.1, -0.05) is 0 Å². The summed E-state index contributed by atoms with van der Waals surface area (Å²) in [6, 6.07) is 6.57. The molecule has 1 fully saturated rings. The Morgan fingerprint density at radius 1 is 1.22 bits per heavy atom. The van der Waals surface area contributed by atoms with Crippen LogP contribution in [0.1, 0.15) is 28.9 Å². The van der Waals surface area contributed by atoms with E-state index >= 15 is 0 Å². The van der Waals surface area contributed by atoms with Gasteiger partial charge < -0.3 is 20.5 Å². The van der Waals surface area contributed by atoms with Crippen molar-refractivity contribution in [1.82, 2.24) is 15.3 Å². The van der Waals surface area contributed by atoms with Crippen LogP contribution in [0.25, 0.3) is 10.2 Å². The number of piperidine rings is 1. The fraction of sp³-hybridized carbons (Fsp3) is 0.391. The minimum absolute atomic E-state index is 0.165. The van der Waals surface area contributed by atoms with Crippen LogP contribution < -0.4 is 15.1 Å². The van der Waals surface area contributed by atoms with Crippen LogP contribution in [0.15, 0.2) is 30.6 Å². The second-order valence-corrected chi connectivity index (χ2v) is 9.47. The third-order valence-electron chi connectivity index (χ3n) is 6.31. The van der Waals surface area contributed by atoms with Gasteiger partial charge in [0.05, 0.1) is 27.3 Å². The molecule has 0 unspecified atom stereocenters. The molecule has 0 spiro atoms. The van der Waals surface area contributed by atoms with Crippen molar-refractivity contribution in [2.75, 3.05) is 43.0 Å². The minimum Gasteiger partial charge on any atom is -0.371 e. The van der Waals surface area contributed by atoms with Crippen LogP contribution >= 0.6 is 11.3 Å². The van der Waals surface area contributed by atoms with E-state index in [1.807, 2.05) is 18.0 Å². The Labute approximate surface area is 189 Å². The van der Waals surface area contributed by atoms with Crippen LogP contribution in [0.3, 0.4) is 0 Å². The van der Waals surface area contributed by atoms with Crippen molar-refractivity contribution >= 4 is 50.2 Å². The first-order valence-electron chi connectivity index (χ1n) is 10.9. The first-order valence-corrected chi connectivity index (χ1v) is 11.7. The van der Waals surface area contributed by atoms with Gasteiger partial charge in [0, 0.05) is 20.1 Å². The van der Waals surface area contributed by atoms with E-state index in [1.165, 1.54) is 29.8 Å². The molecule has 0 bridgehead atoms. The predicted octanol–water partition coefficient (Wildman–Crippen LogP) is 4.01. The van der Waals surface area contributed by atoms with E-state index in [9.17, 15) is 9.18 Å². The first-order chi connectivity index (χ1) is 15.5. The van der Waals surface area contributed by atoms with E-state index in [0.29, 0.717) is 29.6 Å². The summed E-state index contributed by atoms with van der Waals surface area (Å²) < 4.78 is 13.9. The summed E-state index contributed by atoms with van der Waals surface area (Å²) in [5.74, 6) is 0.593. The van der Waals surface area contributed by atoms with Crippen LogP contribution in [-0.4, -0.2) is 54.7 Å². The SMILES string of the molecule is CN1CCN(c2ncnc3sc(C(=O)C(=N)CC4CCNCC4)cc23)c2ccc(F)cc21. The topological polar surface area (TPSA) is 85.2 Å². The molecule has 0 radical (unpaired) electrons. The van der Waals surface area contributed by atoms with Crippen molar-refractivity contribution < 1.29 is 9.18 Å². The molecule has 9 heteroatoms. The summed E-state index contributed by atoms with van der Waals surface area (Å²) in [7, 11) is 1.94. The number of hydrogen-bond acceptors (Lipinski definition) is 8. The summed E-state index contributed by atoms with van der Waals surface area (Å²) in [5, 5.41) is 12.5. The number of thiophene rings is 1. The Bertz CT molecular complexity index is 1190. The van der Waals surface area contributed by atoms with E-state index < -0.39 is 0 Å². The third kappa shape index (κ3) is 3.86. The number of ketones is 1. The van der Waals surface area contributed by atoms with E-state index in [1.54, 1.807) is 6.07 Å². The Balaban J connectivity index is 1.46. The quantitative estimate of drug-likeness (QED) is 0.449. The van der Waals surface area contributed by atoms with Gasteiger partial charge in [0.25, 0.3) is 0 Å². The summed E-state index contributed by atoms with van der Waals surface area (Å²) in [6.07, 6.45) is 4.03. The van der Waals surface area contributed by atoms with Crippen molar-refractivity contribution in [3.05, 3.63) is 41.3 Å². The lowest BCUT2D eigenvalue weighted by atomic mass is 9.91. The summed E-state index contributed by atoms with van der Waals surface area (Å²) in [6.45, 7) is 3.30. The lowest BCUT2D eigenvalue weighted by molar-refractivity contribution is 0.106. The molecule has 4 heterocycles. The van der Waals surface area contributed by atoms with Crippen molar-refractivity contribution in [1.29, 1.82) is 5.41 Å². The molecule has 2 N–H and O–H groups in total. The smallest absolute Gasteiger partial charge is 0.216 e. The van der Waals surface area contributed by atoms with Gasteiger partial charge in [-0.15, -0.1) is 11.3 Å². The molecular formula is C23H25FN6OS. The van der Waals surface area contributed by atoms with Gasteiger partial charge in [-0.25, -0.2) is 14.4 Å². The number of carbonyl (C=O) groups is 1. The van der Waals surface area contributed by atoms with E-state index in [0.717, 1.165) is 54.1 Å². The number of anilines is 3. The molecule has 1 aromatic carbocycles. The molecule has 5 rings (SSSR count). The fourth-order valence-corrected chi connectivity index (χ4v) is 5.49. The summed E-state index contributed by atoms with van der Waals surface area (Å²) in [4.78, 5) is 27.2. The summed E-state index contributed by atoms with van der Waals surface area (Å²) in [5.41, 5.74) is 1.84. The average Bonchev–Trinajstić information content (AvgIpc) is 3.24. The van der Waals surface area contributed by atoms with Crippen LogP contribution in [0.4, 0.5) is 21.6 Å². The molecule has 0 aliphatic carbocycles. The van der Waals surface area contributed by atoms with Gasteiger partial charge in [0.15, 0.2) is 0 Å². The molecule has 0 amide bonds. The normalized spacial score (nSPS) is 16.9. The van der Waals surface area contributed by atoms with Crippen LogP contribution in [0, 0.1) is 17.1 Å². The average molecular weight is 453 g/mol. The maximum atomic E-state index is 13.9. The van der Waals surface area contributed by atoms with Crippen molar-refractivity contribution in [3.63, 3.8) is 0 Å². The van der Waals surface area contributed by atoms with Crippen molar-refractivity contribution in [2.45, 2.75) is 19.3 Å². The Kier molecular flexibility index (Phi) is 5.60. The number of hydrogen-bond donors (Lipinski definition) is 2. The third-order valence-corrected chi connectivity index (χ3v) is 7.35. The molecule has 2 aromatic heterocycles. The van der Waals surface area contributed by atoms with Crippen molar-refractivity contribution in [3.8, 4) is 0 Å². The van der Waals surface area contributed by atoms with Gasteiger partial charge in [-0.3, -0.25) is 4.79 Å². The van der Waals surface area contributed by atoms with Crippen LogP contribution in [0.2, 0.25) is 0 Å². The van der Waals surface area contributed by atoms with Crippen LogP contribution in [0.5, 0.6) is 0 Å². The number of aromatic nitrogens is 2. The highest BCUT2D eigenvalue weighted by atomic mass is 32.1. The summed E-state index contributed by atoms with van der Waals surface area (Å²) >= 11 is 1.31. The molecule has 166 valence electrons. The molecule has 0 saturated carbocycles. The zero-order chi connectivity index (χ0) is 22.2. The number of nitrogens with one attached hydrogen (secondary N) is 2. The molecule has 2 aliphatic heterocycles. The number of Topliss-reactive ketones (excluding diaryl/α,β-unsaturated/α-hetero) is 1. The second kappa shape index (κ2) is 8.55. The Morgan fingerprint density at radius 3 is 2.84 bits per heavy atom. The maximum Gasteiger partial charge on any atom is 0.216 e. The number of halogens is 1. The lowest BCUT2D eigenvalue weighted by Gasteiger charge is -2.36. The van der Waals surface area contributed by atoms with Gasteiger partial charge in [-0.05, 0) is 62.5 Å². The molecule has 7 nitrogen and oxygen atoms in total. The molecular weight excluding hydrogens is 427 g/mol.